The van der Waals surface area contributed by atoms with Crippen LogP contribution in [0.1, 0.15) is 96.8 Å². The van der Waals surface area contributed by atoms with Crippen molar-refractivity contribution < 1.29 is 9.90 Å². The summed E-state index contributed by atoms with van der Waals surface area (Å²) in [6.07, 6.45) is 4.33. The van der Waals surface area contributed by atoms with E-state index in [0.717, 1.165) is 65.5 Å². The van der Waals surface area contributed by atoms with Crippen molar-refractivity contribution in [1.82, 2.24) is 0 Å². The van der Waals surface area contributed by atoms with Crippen LogP contribution in [-0.4, -0.2) is 10.9 Å². The molecule has 0 heterocycles. The Labute approximate surface area is 170 Å². The van der Waals surface area contributed by atoms with Gasteiger partial charge in [0.25, 0.3) is 0 Å². The highest BCUT2D eigenvalue weighted by Crippen LogP contribution is 2.50. The normalized spacial score (nSPS) is 21.2. The van der Waals surface area contributed by atoms with Gasteiger partial charge in [0, 0.05) is 11.5 Å². The van der Waals surface area contributed by atoms with Crippen molar-refractivity contribution in [3.8, 4) is 0 Å². The number of Topliss-reactive ketones (excluding diaryl/α,β-unsaturated/α-hetero) is 1. The number of hydrogen-bond acceptors (Lipinski definition) is 2. The molecule has 0 bridgehead atoms. The third kappa shape index (κ3) is 2.93. The largest absolute Gasteiger partial charge is 0.376 e. The lowest BCUT2D eigenvalue weighted by atomic mass is 9.76. The summed E-state index contributed by atoms with van der Waals surface area (Å²) in [6, 6.07) is 8.67. The first kappa shape index (κ1) is 20.8. The van der Waals surface area contributed by atoms with E-state index in [1.165, 1.54) is 11.1 Å². The van der Waals surface area contributed by atoms with Crippen LogP contribution in [0.15, 0.2) is 24.3 Å². The van der Waals surface area contributed by atoms with Gasteiger partial charge in [-0.1, -0.05) is 65.8 Å². The SMILES string of the molecule is CCc1cc(CC)c([C@@]2(O)C(=O)c3c(CC)cc(CC)cc3[C@H]2C)c(CC)c1. The fourth-order valence-electron chi connectivity index (χ4n) is 4.93. The van der Waals surface area contributed by atoms with Gasteiger partial charge in [0.15, 0.2) is 11.4 Å². The number of benzene rings is 2. The van der Waals surface area contributed by atoms with Crippen molar-refractivity contribution in [3.63, 3.8) is 0 Å². The summed E-state index contributed by atoms with van der Waals surface area (Å²) >= 11 is 0. The Kier molecular flexibility index (Phi) is 5.82. The molecule has 0 fully saturated rings. The molecule has 1 N–H and O–H groups in total. The molecule has 1 aliphatic rings. The molecular formula is C26H34O2. The molecule has 2 aromatic rings. The van der Waals surface area contributed by atoms with Gasteiger partial charge in [-0.25, -0.2) is 0 Å². The highest BCUT2D eigenvalue weighted by Gasteiger charge is 2.53. The Balaban J connectivity index is 2.30. The van der Waals surface area contributed by atoms with E-state index in [9.17, 15) is 9.90 Å². The van der Waals surface area contributed by atoms with Gasteiger partial charge >= 0.3 is 0 Å². The van der Waals surface area contributed by atoms with E-state index in [4.69, 9.17) is 0 Å². The predicted molar refractivity (Wildman–Crippen MR) is 116 cm³/mol. The van der Waals surface area contributed by atoms with Gasteiger partial charge in [0.2, 0.25) is 0 Å². The summed E-state index contributed by atoms with van der Waals surface area (Å²) < 4.78 is 0. The Morgan fingerprint density at radius 3 is 1.71 bits per heavy atom. The van der Waals surface area contributed by atoms with Crippen LogP contribution in [-0.2, 0) is 37.7 Å². The zero-order valence-corrected chi connectivity index (χ0v) is 18.3. The summed E-state index contributed by atoms with van der Waals surface area (Å²) in [5.74, 6) is -0.349. The summed E-state index contributed by atoms with van der Waals surface area (Å²) in [7, 11) is 0. The average molecular weight is 379 g/mol. The Morgan fingerprint density at radius 2 is 1.25 bits per heavy atom. The van der Waals surface area contributed by atoms with Crippen molar-refractivity contribution in [2.45, 2.75) is 85.2 Å². The van der Waals surface area contributed by atoms with Crippen molar-refractivity contribution in [1.29, 1.82) is 0 Å². The average Bonchev–Trinajstić information content (AvgIpc) is 2.93. The van der Waals surface area contributed by atoms with Gasteiger partial charge in [0.1, 0.15) is 0 Å². The van der Waals surface area contributed by atoms with Crippen LogP contribution in [0.25, 0.3) is 0 Å². The molecule has 2 nitrogen and oxygen atoms in total. The number of carbonyl (C=O) groups is 1. The van der Waals surface area contributed by atoms with E-state index in [2.05, 4.69) is 58.9 Å². The lowest BCUT2D eigenvalue weighted by molar-refractivity contribution is 0.0228. The molecule has 0 aliphatic heterocycles. The fraction of sp³-hybridized carbons (Fsp3) is 0.500. The Hall–Kier alpha value is -1.93. The minimum atomic E-state index is -1.47. The van der Waals surface area contributed by atoms with E-state index in [-0.39, 0.29) is 11.7 Å². The number of fused-ring (bicyclic) bond motifs is 1. The highest BCUT2D eigenvalue weighted by molar-refractivity contribution is 6.09. The van der Waals surface area contributed by atoms with E-state index in [1.807, 2.05) is 6.92 Å². The monoisotopic (exact) mass is 378 g/mol. The van der Waals surface area contributed by atoms with Gasteiger partial charge in [0.05, 0.1) is 0 Å². The number of aliphatic hydroxyl groups is 1. The predicted octanol–water partition coefficient (Wildman–Crippen LogP) is 5.69. The maximum Gasteiger partial charge on any atom is 0.200 e. The molecule has 0 saturated heterocycles. The third-order valence-corrected chi connectivity index (χ3v) is 6.68. The molecule has 0 spiro atoms. The summed E-state index contributed by atoms with van der Waals surface area (Å²) in [6.45, 7) is 12.6. The van der Waals surface area contributed by atoms with Crippen LogP contribution < -0.4 is 0 Å². The van der Waals surface area contributed by atoms with Crippen molar-refractivity contribution >= 4 is 5.78 Å². The second-order valence-corrected chi connectivity index (χ2v) is 8.09. The molecule has 2 aromatic carbocycles. The maximum atomic E-state index is 13.7. The molecule has 1 aliphatic carbocycles. The lowest BCUT2D eigenvalue weighted by Crippen LogP contribution is -2.37. The number of carbonyl (C=O) groups excluding carboxylic acids is 1. The highest BCUT2D eigenvalue weighted by atomic mass is 16.3. The third-order valence-electron chi connectivity index (χ3n) is 6.68. The van der Waals surface area contributed by atoms with Crippen LogP contribution in [0, 0.1) is 0 Å². The molecule has 2 heteroatoms. The van der Waals surface area contributed by atoms with Crippen LogP contribution >= 0.6 is 0 Å². The van der Waals surface area contributed by atoms with Gasteiger partial charge < -0.3 is 5.11 Å². The molecule has 0 saturated carbocycles. The zero-order valence-electron chi connectivity index (χ0n) is 18.3. The van der Waals surface area contributed by atoms with E-state index >= 15 is 0 Å². The van der Waals surface area contributed by atoms with Crippen LogP contribution in [0.2, 0.25) is 0 Å². The van der Waals surface area contributed by atoms with Crippen LogP contribution in [0.3, 0.4) is 0 Å². The van der Waals surface area contributed by atoms with Crippen LogP contribution in [0.4, 0.5) is 0 Å². The first-order valence-electron chi connectivity index (χ1n) is 10.9. The Morgan fingerprint density at radius 1 is 0.786 bits per heavy atom. The maximum absolute atomic E-state index is 13.7. The zero-order chi connectivity index (χ0) is 20.6. The molecule has 0 amide bonds. The number of rotatable bonds is 6. The minimum Gasteiger partial charge on any atom is -0.376 e. The van der Waals surface area contributed by atoms with Crippen LogP contribution in [0.5, 0.6) is 0 Å². The molecule has 2 atom stereocenters. The van der Waals surface area contributed by atoms with Crippen molar-refractivity contribution in [2.75, 3.05) is 0 Å². The topological polar surface area (TPSA) is 37.3 Å². The fourth-order valence-corrected chi connectivity index (χ4v) is 4.93. The molecule has 3 rings (SSSR count). The number of aryl methyl sites for hydroxylation is 5. The van der Waals surface area contributed by atoms with E-state index < -0.39 is 5.60 Å². The second kappa shape index (κ2) is 7.83. The van der Waals surface area contributed by atoms with Gasteiger partial charge in [-0.3, -0.25) is 4.79 Å². The first-order chi connectivity index (χ1) is 13.4. The van der Waals surface area contributed by atoms with Gasteiger partial charge in [-0.2, -0.15) is 0 Å². The number of hydrogen-bond donors (Lipinski definition) is 1. The minimum absolute atomic E-state index is 0.108. The Bertz CT molecular complexity index is 884. The summed E-state index contributed by atoms with van der Waals surface area (Å²) in [5.41, 5.74) is 6.99. The number of ketones is 1. The van der Waals surface area contributed by atoms with Gasteiger partial charge in [-0.15, -0.1) is 0 Å². The first-order valence-corrected chi connectivity index (χ1v) is 10.9. The molecule has 0 aromatic heterocycles. The van der Waals surface area contributed by atoms with E-state index in [0.29, 0.717) is 0 Å². The van der Waals surface area contributed by atoms with E-state index in [1.54, 1.807) is 0 Å². The quantitative estimate of drug-likeness (QED) is 0.701. The van der Waals surface area contributed by atoms with Gasteiger partial charge in [-0.05, 0) is 71.0 Å². The molecule has 0 radical (unpaired) electrons. The second-order valence-electron chi connectivity index (χ2n) is 8.09. The smallest absolute Gasteiger partial charge is 0.200 e. The summed E-state index contributed by atoms with van der Waals surface area (Å²) in [5, 5.41) is 12.0. The molecule has 28 heavy (non-hydrogen) atoms. The molecular weight excluding hydrogens is 344 g/mol. The molecule has 0 unspecified atom stereocenters. The van der Waals surface area contributed by atoms with Crippen molar-refractivity contribution in [2.24, 2.45) is 0 Å². The molecule has 150 valence electrons. The van der Waals surface area contributed by atoms with Crippen molar-refractivity contribution in [3.05, 3.63) is 68.8 Å². The standard InChI is InChI=1S/C26H34O2/c1-7-17-13-20(10-4)24(21(11-5)14-17)26(28)16(6)22-15-18(8-2)12-19(9-3)23(22)25(26)27/h12-16,28H,7-11H2,1-6H3/t16-,26-/m1/s1. The lowest BCUT2D eigenvalue weighted by Gasteiger charge is -2.32. The summed E-state index contributed by atoms with van der Waals surface area (Å²) in [4.78, 5) is 13.7.